The average molecular weight is 426 g/mol. The van der Waals surface area contributed by atoms with Gasteiger partial charge in [-0.1, -0.05) is 18.2 Å². The van der Waals surface area contributed by atoms with Crippen molar-refractivity contribution in [1.29, 1.82) is 0 Å². The number of fused-ring (bicyclic) bond motifs is 1. The van der Waals surface area contributed by atoms with Crippen molar-refractivity contribution < 1.29 is 4.74 Å². The number of nitrogens with two attached hydrogens (primary N) is 1. The predicted octanol–water partition coefficient (Wildman–Crippen LogP) is 4.47. The summed E-state index contributed by atoms with van der Waals surface area (Å²) in [6.45, 7) is 3.78. The third-order valence-electron chi connectivity index (χ3n) is 5.85. The van der Waals surface area contributed by atoms with Crippen LogP contribution in [0, 0.1) is 12.8 Å². The number of nitrogens with one attached hydrogen (secondary N) is 2. The van der Waals surface area contributed by atoms with E-state index in [0.29, 0.717) is 11.7 Å². The van der Waals surface area contributed by atoms with E-state index in [0.717, 1.165) is 58.8 Å². The molecule has 0 unspecified atom stereocenters. The second-order valence-corrected chi connectivity index (χ2v) is 8.37. The summed E-state index contributed by atoms with van der Waals surface area (Å²) >= 11 is 0. The lowest BCUT2D eigenvalue weighted by Crippen LogP contribution is -2.27. The summed E-state index contributed by atoms with van der Waals surface area (Å²) in [5.74, 6) is 2.64. The highest BCUT2D eigenvalue weighted by Crippen LogP contribution is 2.31. The van der Waals surface area contributed by atoms with Gasteiger partial charge in [0.2, 0.25) is 0 Å². The number of benzene rings is 2. The fourth-order valence-corrected chi connectivity index (χ4v) is 4.37. The van der Waals surface area contributed by atoms with Crippen LogP contribution in [0.2, 0.25) is 0 Å². The van der Waals surface area contributed by atoms with Gasteiger partial charge in [-0.2, -0.15) is 0 Å². The summed E-state index contributed by atoms with van der Waals surface area (Å²) in [7, 11) is 0. The van der Waals surface area contributed by atoms with Gasteiger partial charge in [-0.25, -0.2) is 9.97 Å². The van der Waals surface area contributed by atoms with Crippen LogP contribution in [0.5, 0.6) is 5.75 Å². The molecule has 1 saturated heterocycles. The van der Waals surface area contributed by atoms with E-state index < -0.39 is 0 Å². The number of rotatable bonds is 6. The molecule has 2 aromatic carbocycles. The molecule has 4 N–H and O–H groups in total. The molecule has 0 amide bonds. The highest BCUT2D eigenvalue weighted by atomic mass is 16.5. The van der Waals surface area contributed by atoms with Gasteiger partial charge in [0.1, 0.15) is 23.5 Å². The summed E-state index contributed by atoms with van der Waals surface area (Å²) < 4.78 is 6.54. The number of nitrogen functional groups attached to an aromatic ring is 1. The number of aryl methyl sites for hydroxylation is 1. The monoisotopic (exact) mass is 425 g/mol. The van der Waals surface area contributed by atoms with Gasteiger partial charge in [0.05, 0.1) is 0 Å². The van der Waals surface area contributed by atoms with Crippen molar-refractivity contribution in [2.24, 2.45) is 5.92 Å². The minimum absolute atomic E-state index is 0.0791. The molecule has 5 rings (SSSR count). The van der Waals surface area contributed by atoms with Crippen molar-refractivity contribution in [2.45, 2.75) is 19.4 Å². The van der Waals surface area contributed by atoms with E-state index in [1.807, 2.05) is 36.4 Å². The van der Waals surface area contributed by atoms with E-state index in [-0.39, 0.29) is 6.10 Å². The van der Waals surface area contributed by atoms with Crippen LogP contribution in [0.15, 0.2) is 72.9 Å². The first-order valence-corrected chi connectivity index (χ1v) is 11.0. The van der Waals surface area contributed by atoms with Crippen LogP contribution < -0.4 is 21.1 Å². The van der Waals surface area contributed by atoms with E-state index in [1.54, 1.807) is 6.20 Å². The standard InChI is InChI=1S/C26H27N5O/c1-17-11-21(30-25(27)12-17)14-19-15-28-16-24(19)32-23-6-4-5-18-13-20(8-9-22(18)23)31-26-7-2-3-10-29-26/h2-13,19,24,28H,14-16H2,1H3,(H2,27,30)(H,29,31)/t19-,24+/m1/s1. The minimum Gasteiger partial charge on any atom is -0.488 e. The van der Waals surface area contributed by atoms with Crippen molar-refractivity contribution in [3.63, 3.8) is 0 Å². The van der Waals surface area contributed by atoms with E-state index in [2.05, 4.69) is 57.9 Å². The Bertz CT molecular complexity index is 1210. The van der Waals surface area contributed by atoms with Crippen LogP contribution in [0.25, 0.3) is 10.8 Å². The lowest BCUT2D eigenvalue weighted by molar-refractivity contribution is 0.175. The molecule has 32 heavy (non-hydrogen) atoms. The van der Waals surface area contributed by atoms with E-state index in [9.17, 15) is 0 Å². The topological polar surface area (TPSA) is 85.1 Å². The Kier molecular flexibility index (Phi) is 5.60. The molecule has 6 heteroatoms. The van der Waals surface area contributed by atoms with E-state index in [1.165, 1.54) is 0 Å². The van der Waals surface area contributed by atoms with Crippen molar-refractivity contribution >= 4 is 28.1 Å². The molecule has 1 fully saturated rings. The third kappa shape index (κ3) is 4.50. The van der Waals surface area contributed by atoms with Crippen molar-refractivity contribution in [1.82, 2.24) is 15.3 Å². The molecule has 1 aliphatic heterocycles. The quantitative estimate of drug-likeness (QED) is 0.423. The molecule has 1 aliphatic rings. The fraction of sp³-hybridized carbons (Fsp3) is 0.231. The SMILES string of the molecule is Cc1cc(N)nc(C[C@@H]2CNC[C@@H]2Oc2cccc3cc(Nc4ccccn4)ccc23)c1. The Labute approximate surface area is 187 Å². The molecule has 162 valence electrons. The van der Waals surface area contributed by atoms with Gasteiger partial charge in [0.25, 0.3) is 0 Å². The van der Waals surface area contributed by atoms with Crippen LogP contribution in [-0.4, -0.2) is 29.2 Å². The number of nitrogens with zero attached hydrogens (tertiary/aromatic N) is 2. The van der Waals surface area contributed by atoms with Crippen molar-refractivity contribution in [3.8, 4) is 5.75 Å². The molecule has 0 aliphatic carbocycles. The van der Waals surface area contributed by atoms with E-state index in [4.69, 9.17) is 10.5 Å². The van der Waals surface area contributed by atoms with Crippen LogP contribution in [0.4, 0.5) is 17.3 Å². The molecule has 0 bridgehead atoms. The second-order valence-electron chi connectivity index (χ2n) is 8.37. The molecule has 2 aromatic heterocycles. The molecule has 0 spiro atoms. The van der Waals surface area contributed by atoms with E-state index >= 15 is 0 Å². The van der Waals surface area contributed by atoms with Crippen molar-refractivity contribution in [3.05, 3.63) is 84.2 Å². The third-order valence-corrected chi connectivity index (χ3v) is 5.85. The van der Waals surface area contributed by atoms with Gasteiger partial charge in [-0.15, -0.1) is 0 Å². The summed E-state index contributed by atoms with van der Waals surface area (Å²) in [5.41, 5.74) is 9.11. The van der Waals surface area contributed by atoms with Gasteiger partial charge in [-0.3, -0.25) is 0 Å². The zero-order valence-corrected chi connectivity index (χ0v) is 18.1. The average Bonchev–Trinajstić information content (AvgIpc) is 3.20. The molecule has 2 atom stereocenters. The Morgan fingerprint density at radius 3 is 2.84 bits per heavy atom. The molecule has 0 saturated carbocycles. The van der Waals surface area contributed by atoms with Gasteiger partial charge in [0.15, 0.2) is 0 Å². The first kappa shape index (κ1) is 20.3. The first-order valence-electron chi connectivity index (χ1n) is 11.0. The normalized spacial score (nSPS) is 18.0. The zero-order chi connectivity index (χ0) is 21.9. The number of hydrogen-bond acceptors (Lipinski definition) is 6. The number of hydrogen-bond donors (Lipinski definition) is 3. The highest BCUT2D eigenvalue weighted by molar-refractivity contribution is 5.91. The number of anilines is 3. The maximum Gasteiger partial charge on any atom is 0.130 e. The summed E-state index contributed by atoms with van der Waals surface area (Å²) in [5, 5.41) is 9.05. The zero-order valence-electron chi connectivity index (χ0n) is 18.1. The predicted molar refractivity (Wildman–Crippen MR) is 129 cm³/mol. The molecule has 3 heterocycles. The molecular formula is C26H27N5O. The maximum absolute atomic E-state index is 6.54. The smallest absolute Gasteiger partial charge is 0.130 e. The number of ether oxygens (including phenoxy) is 1. The Morgan fingerprint density at radius 2 is 2.00 bits per heavy atom. The van der Waals surface area contributed by atoms with Crippen LogP contribution in [0.3, 0.4) is 0 Å². The maximum atomic E-state index is 6.54. The number of aromatic nitrogens is 2. The number of pyridine rings is 2. The van der Waals surface area contributed by atoms with Crippen LogP contribution in [0.1, 0.15) is 11.3 Å². The summed E-state index contributed by atoms with van der Waals surface area (Å²) in [4.78, 5) is 8.85. The van der Waals surface area contributed by atoms with Gasteiger partial charge >= 0.3 is 0 Å². The fourth-order valence-electron chi connectivity index (χ4n) is 4.37. The van der Waals surface area contributed by atoms with Crippen molar-refractivity contribution in [2.75, 3.05) is 24.1 Å². The second kappa shape index (κ2) is 8.85. The Hall–Kier alpha value is -3.64. The summed E-state index contributed by atoms with van der Waals surface area (Å²) in [6.07, 6.45) is 2.70. The van der Waals surface area contributed by atoms with Crippen LogP contribution >= 0.6 is 0 Å². The summed E-state index contributed by atoms with van der Waals surface area (Å²) in [6, 6.07) is 22.3. The van der Waals surface area contributed by atoms with Crippen LogP contribution in [-0.2, 0) is 6.42 Å². The Morgan fingerprint density at radius 1 is 1.06 bits per heavy atom. The Balaban J connectivity index is 1.34. The lowest BCUT2D eigenvalue weighted by atomic mass is 9.98. The molecule has 4 aromatic rings. The van der Waals surface area contributed by atoms with Gasteiger partial charge in [-0.05, 0) is 72.8 Å². The molecular weight excluding hydrogens is 398 g/mol. The first-order chi connectivity index (χ1) is 15.6. The molecule has 0 radical (unpaired) electrons. The minimum atomic E-state index is 0.0791. The molecule has 6 nitrogen and oxygen atoms in total. The van der Waals surface area contributed by atoms with Gasteiger partial charge in [0, 0.05) is 42.0 Å². The van der Waals surface area contributed by atoms with Gasteiger partial charge < -0.3 is 21.1 Å². The highest BCUT2D eigenvalue weighted by Gasteiger charge is 2.30. The largest absolute Gasteiger partial charge is 0.488 e. The lowest BCUT2D eigenvalue weighted by Gasteiger charge is -2.21.